The number of sulfonamides is 1. The molecule has 1 N–H and O–H groups in total. The lowest BCUT2D eigenvalue weighted by Gasteiger charge is -2.15. The van der Waals surface area contributed by atoms with E-state index >= 15 is 0 Å². The van der Waals surface area contributed by atoms with Gasteiger partial charge in [-0.25, -0.2) is 13.1 Å². The Bertz CT molecular complexity index is 962. The van der Waals surface area contributed by atoms with Crippen LogP contribution in [-0.2, 0) is 47.6 Å². The molecule has 0 saturated heterocycles. The quantitative estimate of drug-likeness (QED) is 0.807. The molecule has 3 rings (SSSR count). The van der Waals surface area contributed by atoms with E-state index in [9.17, 15) is 21.6 Å². The van der Waals surface area contributed by atoms with Crippen LogP contribution in [0.4, 0.5) is 13.2 Å². The van der Waals surface area contributed by atoms with Crippen LogP contribution in [0.2, 0.25) is 0 Å². The molecule has 0 bridgehead atoms. The zero-order chi connectivity index (χ0) is 20.0. The van der Waals surface area contributed by atoms with Crippen molar-refractivity contribution in [2.75, 3.05) is 13.2 Å². The van der Waals surface area contributed by atoms with Gasteiger partial charge in [-0.2, -0.15) is 23.4 Å². The highest BCUT2D eigenvalue weighted by atomic mass is 32.2. The predicted octanol–water partition coefficient (Wildman–Crippen LogP) is 1.30. The molecule has 0 fully saturated rings. The highest BCUT2D eigenvalue weighted by Crippen LogP contribution is 2.34. The topological polar surface area (TPSA) is 91.0 Å². The number of fused-ring (bicyclic) bond motifs is 1. The van der Waals surface area contributed by atoms with E-state index in [1.807, 2.05) is 0 Å². The number of ether oxygens (including phenoxy) is 1. The summed E-state index contributed by atoms with van der Waals surface area (Å²) in [7, 11) is -2.20. The van der Waals surface area contributed by atoms with Gasteiger partial charge < -0.3 is 4.74 Å². The van der Waals surface area contributed by atoms with Gasteiger partial charge in [0.1, 0.15) is 4.90 Å². The van der Waals surface area contributed by atoms with Gasteiger partial charge >= 0.3 is 6.18 Å². The largest absolute Gasteiger partial charge is 0.435 e. The molecule has 1 aliphatic heterocycles. The zero-order valence-corrected chi connectivity index (χ0v) is 15.9. The van der Waals surface area contributed by atoms with E-state index in [2.05, 4.69) is 14.9 Å². The number of hydrogen-bond acceptors (Lipinski definition) is 5. The molecular weight excluding hydrogens is 387 g/mol. The van der Waals surface area contributed by atoms with Crippen LogP contribution in [0, 0.1) is 13.8 Å². The third-order valence-corrected chi connectivity index (χ3v) is 6.20. The van der Waals surface area contributed by atoms with Gasteiger partial charge in [0.2, 0.25) is 10.0 Å². The van der Waals surface area contributed by atoms with Crippen LogP contribution in [0.5, 0.6) is 0 Å². The number of nitrogens with zero attached hydrogens (tertiary/aromatic N) is 4. The number of rotatable bonds is 5. The third kappa shape index (κ3) is 3.73. The first-order chi connectivity index (χ1) is 12.5. The Kier molecular flexibility index (Phi) is 5.08. The van der Waals surface area contributed by atoms with Gasteiger partial charge in [-0.1, -0.05) is 0 Å². The van der Waals surface area contributed by atoms with Crippen molar-refractivity contribution in [2.45, 2.75) is 44.5 Å². The Labute approximate surface area is 154 Å². The maximum atomic E-state index is 13.2. The molecule has 0 amide bonds. The molecule has 0 spiro atoms. The Balaban J connectivity index is 1.79. The number of alkyl halides is 3. The molecule has 1 aliphatic rings. The minimum absolute atomic E-state index is 0.0179. The number of hydrogen-bond donors (Lipinski definition) is 1. The van der Waals surface area contributed by atoms with Crippen LogP contribution in [0.15, 0.2) is 4.90 Å². The molecular formula is C15H20F3N5O3S. The Morgan fingerprint density at radius 3 is 2.56 bits per heavy atom. The van der Waals surface area contributed by atoms with Crippen molar-refractivity contribution < 1.29 is 26.3 Å². The van der Waals surface area contributed by atoms with E-state index in [1.165, 1.54) is 9.36 Å². The first kappa shape index (κ1) is 19.8. The SMILES string of the molecule is Cc1nn(C)c(C)c1S(=O)(=O)NCCn1nc(C(F)(F)F)c2c1CCOC2. The van der Waals surface area contributed by atoms with E-state index in [0.29, 0.717) is 30.1 Å². The van der Waals surface area contributed by atoms with Crippen molar-refractivity contribution in [3.63, 3.8) is 0 Å². The van der Waals surface area contributed by atoms with Gasteiger partial charge in [-0.15, -0.1) is 0 Å². The molecule has 3 heterocycles. The maximum Gasteiger partial charge on any atom is 0.435 e. The summed E-state index contributed by atoms with van der Waals surface area (Å²) in [6.45, 7) is 3.26. The fraction of sp³-hybridized carbons (Fsp3) is 0.600. The highest BCUT2D eigenvalue weighted by molar-refractivity contribution is 7.89. The highest BCUT2D eigenvalue weighted by Gasteiger charge is 2.39. The maximum absolute atomic E-state index is 13.2. The second kappa shape index (κ2) is 6.91. The molecule has 8 nitrogen and oxygen atoms in total. The molecule has 150 valence electrons. The van der Waals surface area contributed by atoms with Gasteiger partial charge in [-0.05, 0) is 13.8 Å². The summed E-state index contributed by atoms with van der Waals surface area (Å²) in [5.41, 5.74) is 0.319. The van der Waals surface area contributed by atoms with Gasteiger partial charge in [0, 0.05) is 31.3 Å². The van der Waals surface area contributed by atoms with Crippen LogP contribution < -0.4 is 4.72 Å². The monoisotopic (exact) mass is 407 g/mol. The lowest BCUT2D eigenvalue weighted by Crippen LogP contribution is -2.29. The standard InChI is InChI=1S/C15H20F3N5O3S/c1-9-13(10(2)22(3)20-9)27(24,25)19-5-6-23-12-4-7-26-8-11(12)14(21-23)15(16,17)18/h19H,4-8H2,1-3H3. The summed E-state index contributed by atoms with van der Waals surface area (Å²) in [5.74, 6) is 0. The fourth-order valence-electron chi connectivity index (χ4n) is 3.22. The Hall–Kier alpha value is -1.92. The van der Waals surface area contributed by atoms with Crippen LogP contribution in [0.1, 0.15) is 28.3 Å². The summed E-state index contributed by atoms with van der Waals surface area (Å²) >= 11 is 0. The van der Waals surface area contributed by atoms with Crippen LogP contribution >= 0.6 is 0 Å². The van der Waals surface area contributed by atoms with Crippen molar-refractivity contribution in [1.82, 2.24) is 24.3 Å². The van der Waals surface area contributed by atoms with E-state index in [0.717, 1.165) is 0 Å². The van der Waals surface area contributed by atoms with E-state index in [4.69, 9.17) is 4.74 Å². The first-order valence-corrected chi connectivity index (χ1v) is 9.74. The third-order valence-electron chi connectivity index (χ3n) is 4.49. The molecule has 0 aliphatic carbocycles. The second-order valence-electron chi connectivity index (χ2n) is 6.32. The van der Waals surface area contributed by atoms with Gasteiger partial charge in [0.05, 0.1) is 31.1 Å². The number of halogens is 3. The molecule has 2 aromatic heterocycles. The average Bonchev–Trinajstić information content (AvgIpc) is 3.05. The van der Waals surface area contributed by atoms with Crippen molar-refractivity contribution in [3.05, 3.63) is 28.3 Å². The van der Waals surface area contributed by atoms with Crippen LogP contribution in [0.25, 0.3) is 0 Å². The summed E-state index contributed by atoms with van der Waals surface area (Å²) in [4.78, 5) is 0.0804. The lowest BCUT2D eigenvalue weighted by atomic mass is 10.1. The minimum Gasteiger partial charge on any atom is -0.376 e. The number of aromatic nitrogens is 4. The van der Waals surface area contributed by atoms with Crippen LogP contribution in [-0.4, -0.2) is 41.1 Å². The first-order valence-electron chi connectivity index (χ1n) is 8.25. The summed E-state index contributed by atoms with van der Waals surface area (Å²) in [5, 5.41) is 7.73. The summed E-state index contributed by atoms with van der Waals surface area (Å²) in [6.07, 6.45) is -4.29. The molecule has 0 radical (unpaired) electrons. The second-order valence-corrected chi connectivity index (χ2v) is 8.02. The van der Waals surface area contributed by atoms with E-state index in [-0.39, 0.29) is 30.2 Å². The minimum atomic E-state index is -4.58. The molecule has 0 aromatic carbocycles. The number of aryl methyl sites for hydroxylation is 2. The van der Waals surface area contributed by atoms with Crippen molar-refractivity contribution >= 4 is 10.0 Å². The molecule has 12 heteroatoms. The Morgan fingerprint density at radius 2 is 1.96 bits per heavy atom. The average molecular weight is 407 g/mol. The van der Waals surface area contributed by atoms with Crippen LogP contribution in [0.3, 0.4) is 0 Å². The zero-order valence-electron chi connectivity index (χ0n) is 15.1. The molecule has 0 unspecified atom stereocenters. The normalized spacial score (nSPS) is 15.2. The molecule has 27 heavy (non-hydrogen) atoms. The van der Waals surface area contributed by atoms with E-state index in [1.54, 1.807) is 20.9 Å². The fourth-order valence-corrected chi connectivity index (χ4v) is 4.68. The van der Waals surface area contributed by atoms with E-state index < -0.39 is 21.9 Å². The lowest BCUT2D eigenvalue weighted by molar-refractivity contribution is -0.142. The number of nitrogens with one attached hydrogen (secondary N) is 1. The smallest absolute Gasteiger partial charge is 0.376 e. The summed E-state index contributed by atoms with van der Waals surface area (Å²) in [6, 6.07) is 0. The molecule has 0 saturated carbocycles. The predicted molar refractivity (Wildman–Crippen MR) is 88.5 cm³/mol. The Morgan fingerprint density at radius 1 is 1.26 bits per heavy atom. The molecule has 0 atom stereocenters. The summed E-state index contributed by atoms with van der Waals surface area (Å²) < 4.78 is 74.8. The molecule has 2 aromatic rings. The van der Waals surface area contributed by atoms with Gasteiger partial charge in [0.15, 0.2) is 5.69 Å². The van der Waals surface area contributed by atoms with Crippen molar-refractivity contribution in [2.24, 2.45) is 7.05 Å². The van der Waals surface area contributed by atoms with Crippen molar-refractivity contribution in [1.29, 1.82) is 0 Å². The van der Waals surface area contributed by atoms with Gasteiger partial charge in [-0.3, -0.25) is 9.36 Å². The van der Waals surface area contributed by atoms with Gasteiger partial charge in [0.25, 0.3) is 0 Å². The van der Waals surface area contributed by atoms with Crippen molar-refractivity contribution in [3.8, 4) is 0 Å².